The molecule has 3 rings (SSSR count). The van der Waals surface area contributed by atoms with Gasteiger partial charge in [0.25, 0.3) is 0 Å². The largest absolute Gasteiger partial charge is 0.327 e. The van der Waals surface area contributed by atoms with Crippen LogP contribution in [0.3, 0.4) is 0 Å². The number of nitrogens with two attached hydrogens (primary N) is 1. The number of nitrogens with zero attached hydrogens (tertiary/aromatic N) is 1. The summed E-state index contributed by atoms with van der Waals surface area (Å²) in [4.78, 5) is 3.94. The van der Waals surface area contributed by atoms with Crippen molar-refractivity contribution in [1.82, 2.24) is 4.90 Å². The smallest absolute Gasteiger partial charge is 0.0409 e. The van der Waals surface area contributed by atoms with E-state index in [4.69, 9.17) is 17.3 Å². The minimum Gasteiger partial charge on any atom is -0.327 e. The summed E-state index contributed by atoms with van der Waals surface area (Å²) in [7, 11) is 0. The topological polar surface area (TPSA) is 29.3 Å². The molecule has 0 saturated carbocycles. The first-order valence-electron chi connectivity index (χ1n) is 7.44. The third-order valence-corrected chi connectivity index (χ3v) is 5.14. The maximum atomic E-state index is 6.26. The number of rotatable bonds is 4. The van der Waals surface area contributed by atoms with Gasteiger partial charge in [0, 0.05) is 35.6 Å². The van der Waals surface area contributed by atoms with Gasteiger partial charge in [-0.3, -0.25) is 4.90 Å². The predicted molar refractivity (Wildman–Crippen MR) is 90.8 cm³/mol. The number of piperidine rings is 1. The van der Waals surface area contributed by atoms with Gasteiger partial charge < -0.3 is 5.73 Å². The van der Waals surface area contributed by atoms with Gasteiger partial charge in [-0.15, -0.1) is 11.3 Å². The molecule has 1 aromatic heterocycles. The fourth-order valence-electron chi connectivity index (χ4n) is 3.23. The molecule has 2 unspecified atom stereocenters. The van der Waals surface area contributed by atoms with Crippen LogP contribution in [0.15, 0.2) is 41.8 Å². The van der Waals surface area contributed by atoms with Crippen LogP contribution in [-0.4, -0.2) is 24.0 Å². The van der Waals surface area contributed by atoms with Crippen LogP contribution in [0, 0.1) is 5.92 Å². The molecule has 1 saturated heterocycles. The molecule has 2 atom stereocenters. The second-order valence-electron chi connectivity index (χ2n) is 5.97. The molecule has 0 radical (unpaired) electrons. The van der Waals surface area contributed by atoms with E-state index in [0.29, 0.717) is 5.92 Å². The van der Waals surface area contributed by atoms with Crippen molar-refractivity contribution in [2.24, 2.45) is 11.7 Å². The Labute approximate surface area is 135 Å². The molecule has 0 aliphatic carbocycles. The number of thiophene rings is 1. The quantitative estimate of drug-likeness (QED) is 0.928. The molecule has 21 heavy (non-hydrogen) atoms. The number of hydrogen-bond acceptors (Lipinski definition) is 3. The summed E-state index contributed by atoms with van der Waals surface area (Å²) in [5, 5.41) is 2.96. The Balaban J connectivity index is 1.62. The Morgan fingerprint density at radius 2 is 2.14 bits per heavy atom. The van der Waals surface area contributed by atoms with Gasteiger partial charge in [-0.05, 0) is 47.9 Å². The zero-order chi connectivity index (χ0) is 14.7. The molecule has 1 aliphatic heterocycles. The summed E-state index contributed by atoms with van der Waals surface area (Å²) in [5.74, 6) is 0.659. The molecule has 4 heteroatoms. The van der Waals surface area contributed by atoms with Crippen molar-refractivity contribution in [3.63, 3.8) is 0 Å². The van der Waals surface area contributed by atoms with Gasteiger partial charge in [0.1, 0.15) is 0 Å². The van der Waals surface area contributed by atoms with Crippen molar-refractivity contribution < 1.29 is 0 Å². The molecule has 0 bridgehead atoms. The Morgan fingerprint density at radius 3 is 2.90 bits per heavy atom. The van der Waals surface area contributed by atoms with Gasteiger partial charge in [-0.1, -0.05) is 29.8 Å². The maximum absolute atomic E-state index is 6.26. The first-order chi connectivity index (χ1) is 10.2. The zero-order valence-electron chi connectivity index (χ0n) is 12.0. The summed E-state index contributed by atoms with van der Waals surface area (Å²) in [6.07, 6.45) is 2.28. The van der Waals surface area contributed by atoms with Crippen molar-refractivity contribution >= 4 is 22.9 Å². The molecule has 2 heterocycles. The van der Waals surface area contributed by atoms with Crippen molar-refractivity contribution in [1.29, 1.82) is 0 Å². The Morgan fingerprint density at radius 1 is 1.24 bits per heavy atom. The van der Waals surface area contributed by atoms with Crippen LogP contribution >= 0.6 is 22.9 Å². The molecule has 2 nitrogen and oxygen atoms in total. The number of halogens is 1. The van der Waals surface area contributed by atoms with Gasteiger partial charge in [0.2, 0.25) is 0 Å². The molecule has 112 valence electrons. The van der Waals surface area contributed by atoms with Crippen LogP contribution in [0.1, 0.15) is 16.9 Å². The molecular weight excluding hydrogens is 300 g/mol. The first kappa shape index (κ1) is 15.0. The minimum absolute atomic E-state index is 0.280. The van der Waals surface area contributed by atoms with Crippen LogP contribution in [0.2, 0.25) is 5.02 Å². The molecule has 1 aliphatic rings. The number of likely N-dealkylation sites (tertiary alicyclic amines) is 1. The SMILES string of the molecule is NC1CC(Cc2cccs2)CN(Cc2cccc(Cl)c2)C1. The van der Waals surface area contributed by atoms with Gasteiger partial charge in [-0.25, -0.2) is 0 Å². The second-order valence-corrected chi connectivity index (χ2v) is 7.44. The van der Waals surface area contributed by atoms with Gasteiger partial charge >= 0.3 is 0 Å². The Bertz CT molecular complexity index is 570. The molecule has 2 N–H and O–H groups in total. The van der Waals surface area contributed by atoms with E-state index in [0.717, 1.165) is 37.5 Å². The summed E-state index contributed by atoms with van der Waals surface area (Å²) >= 11 is 7.92. The van der Waals surface area contributed by atoms with Crippen LogP contribution in [0.25, 0.3) is 0 Å². The predicted octanol–water partition coefficient (Wildman–Crippen LogP) is 3.79. The van der Waals surface area contributed by atoms with E-state index in [1.165, 1.54) is 10.4 Å². The van der Waals surface area contributed by atoms with E-state index >= 15 is 0 Å². The lowest BCUT2D eigenvalue weighted by Gasteiger charge is -2.36. The van der Waals surface area contributed by atoms with Crippen LogP contribution in [0.4, 0.5) is 0 Å². The lowest BCUT2D eigenvalue weighted by molar-refractivity contribution is 0.150. The van der Waals surface area contributed by atoms with Crippen molar-refractivity contribution in [2.75, 3.05) is 13.1 Å². The van der Waals surface area contributed by atoms with Gasteiger partial charge in [-0.2, -0.15) is 0 Å². The lowest BCUT2D eigenvalue weighted by atomic mass is 9.91. The summed E-state index contributed by atoms with van der Waals surface area (Å²) in [6, 6.07) is 12.8. The minimum atomic E-state index is 0.280. The highest BCUT2D eigenvalue weighted by Gasteiger charge is 2.25. The van der Waals surface area contributed by atoms with E-state index in [1.807, 2.05) is 23.5 Å². The van der Waals surface area contributed by atoms with E-state index in [9.17, 15) is 0 Å². The van der Waals surface area contributed by atoms with Crippen molar-refractivity contribution in [3.8, 4) is 0 Å². The van der Waals surface area contributed by atoms with Crippen molar-refractivity contribution in [3.05, 3.63) is 57.2 Å². The lowest BCUT2D eigenvalue weighted by Crippen LogP contribution is -2.47. The molecule has 1 aromatic carbocycles. The average Bonchev–Trinajstić information content (AvgIpc) is 2.90. The molecule has 1 fully saturated rings. The van der Waals surface area contributed by atoms with Crippen LogP contribution in [0.5, 0.6) is 0 Å². The molecular formula is C17H21ClN2S. The highest BCUT2D eigenvalue weighted by molar-refractivity contribution is 7.09. The van der Waals surface area contributed by atoms with Gasteiger partial charge in [0.15, 0.2) is 0 Å². The number of hydrogen-bond donors (Lipinski definition) is 1. The van der Waals surface area contributed by atoms with E-state index in [2.05, 4.69) is 34.5 Å². The second kappa shape index (κ2) is 6.93. The summed E-state index contributed by atoms with van der Waals surface area (Å²) < 4.78 is 0. The fourth-order valence-corrected chi connectivity index (χ4v) is 4.27. The monoisotopic (exact) mass is 320 g/mol. The third-order valence-electron chi connectivity index (χ3n) is 4.01. The average molecular weight is 321 g/mol. The van der Waals surface area contributed by atoms with E-state index in [1.54, 1.807) is 0 Å². The Kier molecular flexibility index (Phi) is 4.96. The fraction of sp³-hybridized carbons (Fsp3) is 0.412. The molecule has 0 spiro atoms. The van der Waals surface area contributed by atoms with Crippen LogP contribution < -0.4 is 5.73 Å². The van der Waals surface area contributed by atoms with Gasteiger partial charge in [0.05, 0.1) is 0 Å². The molecule has 2 aromatic rings. The highest BCUT2D eigenvalue weighted by atomic mass is 35.5. The Hall–Kier alpha value is -0.870. The van der Waals surface area contributed by atoms with E-state index < -0.39 is 0 Å². The van der Waals surface area contributed by atoms with Crippen molar-refractivity contribution in [2.45, 2.75) is 25.4 Å². The summed E-state index contributed by atoms with van der Waals surface area (Å²) in [5.41, 5.74) is 7.53. The summed E-state index contributed by atoms with van der Waals surface area (Å²) in [6.45, 7) is 3.04. The van der Waals surface area contributed by atoms with E-state index in [-0.39, 0.29) is 6.04 Å². The first-order valence-corrected chi connectivity index (χ1v) is 8.69. The maximum Gasteiger partial charge on any atom is 0.0409 e. The normalized spacial score (nSPS) is 23.3. The van der Waals surface area contributed by atoms with Crippen LogP contribution in [-0.2, 0) is 13.0 Å². The highest BCUT2D eigenvalue weighted by Crippen LogP contribution is 2.24. The molecule has 0 amide bonds. The zero-order valence-corrected chi connectivity index (χ0v) is 13.6. The number of benzene rings is 1. The third kappa shape index (κ3) is 4.30. The standard InChI is InChI=1S/C17H21ClN2S/c18-15-4-1-3-13(7-15)10-20-11-14(8-16(19)12-20)9-17-5-2-6-21-17/h1-7,14,16H,8-12,19H2.